The number of fused-ring (bicyclic) bond motifs is 3. The van der Waals surface area contributed by atoms with Crippen LogP contribution in [0.1, 0.15) is 31.2 Å². The van der Waals surface area contributed by atoms with Crippen LogP contribution in [-0.2, 0) is 19.7 Å². The number of rotatable bonds is 6. The Morgan fingerprint density at radius 3 is 2.47 bits per heavy atom. The highest BCUT2D eigenvalue weighted by Crippen LogP contribution is 2.42. The average Bonchev–Trinajstić information content (AvgIpc) is 3.48. The number of benzene rings is 3. The molecule has 1 amide bonds. The molecular weight excluding hydrogens is 437 g/mol. The van der Waals surface area contributed by atoms with Gasteiger partial charge in [0.2, 0.25) is 0 Å². The molecule has 7 heteroatoms. The second kappa shape index (κ2) is 8.82. The standard InChI is InChI=1S/C27H24FNO5/c1-32-24-14-20-19-6-2-3-7-22(19)34-23(20)15-21(24)29-25(30)16-33-26(31)27(12-4-5-13-27)17-8-10-18(28)11-9-17/h2-3,6-11,14-15H,4-5,12-13,16H2,1H3,(H,29,30). The number of carbonyl (C=O) groups is 2. The van der Waals surface area contributed by atoms with Crippen molar-refractivity contribution >= 4 is 39.5 Å². The minimum absolute atomic E-state index is 0.361. The molecule has 1 fully saturated rings. The molecule has 1 aromatic heterocycles. The third-order valence-corrected chi connectivity index (χ3v) is 6.55. The summed E-state index contributed by atoms with van der Waals surface area (Å²) < 4.78 is 30.2. The Kier molecular flexibility index (Phi) is 5.69. The fourth-order valence-corrected chi connectivity index (χ4v) is 4.83. The summed E-state index contributed by atoms with van der Waals surface area (Å²) in [5.41, 5.74) is 1.63. The van der Waals surface area contributed by atoms with E-state index in [-0.39, 0.29) is 5.82 Å². The van der Waals surface area contributed by atoms with E-state index in [1.807, 2.05) is 30.3 Å². The number of anilines is 1. The predicted molar refractivity (Wildman–Crippen MR) is 126 cm³/mol. The highest BCUT2D eigenvalue weighted by atomic mass is 19.1. The lowest BCUT2D eigenvalue weighted by molar-refractivity contribution is -0.153. The average molecular weight is 461 g/mol. The van der Waals surface area contributed by atoms with Gasteiger partial charge < -0.3 is 19.2 Å². The van der Waals surface area contributed by atoms with Crippen LogP contribution < -0.4 is 10.1 Å². The topological polar surface area (TPSA) is 77.8 Å². The zero-order valence-electron chi connectivity index (χ0n) is 18.7. The summed E-state index contributed by atoms with van der Waals surface area (Å²) in [6.07, 6.45) is 2.95. The minimum atomic E-state index is -0.848. The van der Waals surface area contributed by atoms with Crippen LogP contribution in [0.3, 0.4) is 0 Å². The molecule has 34 heavy (non-hydrogen) atoms. The quantitative estimate of drug-likeness (QED) is 0.371. The molecule has 1 N–H and O–H groups in total. The molecule has 0 spiro atoms. The van der Waals surface area contributed by atoms with Gasteiger partial charge in [0.25, 0.3) is 5.91 Å². The molecule has 1 heterocycles. The van der Waals surface area contributed by atoms with E-state index in [1.54, 1.807) is 18.2 Å². The fraction of sp³-hybridized carbons (Fsp3) is 0.259. The van der Waals surface area contributed by atoms with E-state index in [1.165, 1.54) is 19.2 Å². The molecule has 5 rings (SSSR count). The van der Waals surface area contributed by atoms with Gasteiger partial charge in [-0.1, -0.05) is 43.2 Å². The number of methoxy groups -OCH3 is 1. The fourth-order valence-electron chi connectivity index (χ4n) is 4.83. The van der Waals surface area contributed by atoms with Gasteiger partial charge in [-0.05, 0) is 42.7 Å². The second-order valence-electron chi connectivity index (χ2n) is 8.57. The smallest absolute Gasteiger partial charge is 0.317 e. The van der Waals surface area contributed by atoms with E-state index in [9.17, 15) is 14.0 Å². The molecule has 1 aliphatic rings. The first-order chi connectivity index (χ1) is 16.5. The van der Waals surface area contributed by atoms with Crippen LogP contribution in [0.5, 0.6) is 5.75 Å². The number of para-hydroxylation sites is 1. The largest absolute Gasteiger partial charge is 0.495 e. The molecule has 0 bridgehead atoms. The number of esters is 1. The summed E-state index contributed by atoms with van der Waals surface area (Å²) in [7, 11) is 1.52. The van der Waals surface area contributed by atoms with Gasteiger partial charge >= 0.3 is 5.97 Å². The van der Waals surface area contributed by atoms with Gasteiger partial charge in [-0.15, -0.1) is 0 Å². The lowest BCUT2D eigenvalue weighted by Crippen LogP contribution is -2.36. The molecule has 1 saturated carbocycles. The molecular formula is C27H24FNO5. The van der Waals surface area contributed by atoms with Crippen LogP contribution in [0.25, 0.3) is 21.9 Å². The highest BCUT2D eigenvalue weighted by Gasteiger charge is 2.44. The number of furan rings is 1. The zero-order chi connectivity index (χ0) is 23.7. The number of nitrogens with one attached hydrogen (secondary N) is 1. The van der Waals surface area contributed by atoms with Gasteiger partial charge in [0.05, 0.1) is 18.2 Å². The predicted octanol–water partition coefficient (Wildman–Crippen LogP) is 5.73. The number of hydrogen-bond acceptors (Lipinski definition) is 5. The van der Waals surface area contributed by atoms with Crippen LogP contribution in [0.2, 0.25) is 0 Å². The highest BCUT2D eigenvalue weighted by molar-refractivity contribution is 6.08. The SMILES string of the molecule is COc1cc2c(cc1NC(=O)COC(=O)C1(c3ccc(F)cc3)CCCC1)oc1ccccc12. The van der Waals surface area contributed by atoms with E-state index in [4.69, 9.17) is 13.9 Å². The van der Waals surface area contributed by atoms with Crippen molar-refractivity contribution in [2.24, 2.45) is 0 Å². The number of hydrogen-bond donors (Lipinski definition) is 1. The third kappa shape index (κ3) is 3.87. The third-order valence-electron chi connectivity index (χ3n) is 6.55. The van der Waals surface area contributed by atoms with Crippen LogP contribution in [0.15, 0.2) is 65.1 Å². The van der Waals surface area contributed by atoms with Crippen LogP contribution >= 0.6 is 0 Å². The number of ether oxygens (including phenoxy) is 2. The monoisotopic (exact) mass is 461 g/mol. The maximum absolute atomic E-state index is 13.4. The molecule has 174 valence electrons. The molecule has 4 aromatic rings. The van der Waals surface area contributed by atoms with E-state index in [0.29, 0.717) is 35.4 Å². The zero-order valence-corrected chi connectivity index (χ0v) is 18.7. The summed E-state index contributed by atoms with van der Waals surface area (Å²) in [5, 5.41) is 4.58. The normalized spacial score (nSPS) is 14.9. The summed E-state index contributed by atoms with van der Waals surface area (Å²) in [6, 6.07) is 17.1. The summed E-state index contributed by atoms with van der Waals surface area (Å²) >= 11 is 0. The van der Waals surface area contributed by atoms with Crippen molar-refractivity contribution in [1.29, 1.82) is 0 Å². The Bertz CT molecular complexity index is 1370. The Hall–Kier alpha value is -3.87. The maximum atomic E-state index is 13.4. The van der Waals surface area contributed by atoms with E-state index in [2.05, 4.69) is 5.32 Å². The second-order valence-corrected chi connectivity index (χ2v) is 8.57. The van der Waals surface area contributed by atoms with Crippen molar-refractivity contribution in [2.45, 2.75) is 31.1 Å². The Morgan fingerprint density at radius 2 is 1.74 bits per heavy atom. The lowest BCUT2D eigenvalue weighted by Gasteiger charge is -2.27. The lowest BCUT2D eigenvalue weighted by atomic mass is 9.79. The summed E-state index contributed by atoms with van der Waals surface area (Å²) in [6.45, 7) is -0.441. The van der Waals surface area contributed by atoms with Crippen molar-refractivity contribution < 1.29 is 27.9 Å². The summed E-state index contributed by atoms with van der Waals surface area (Å²) in [5.74, 6) is -0.849. The van der Waals surface area contributed by atoms with Gasteiger partial charge in [0, 0.05) is 16.8 Å². The van der Waals surface area contributed by atoms with Crippen molar-refractivity contribution in [1.82, 2.24) is 0 Å². The molecule has 6 nitrogen and oxygen atoms in total. The van der Waals surface area contributed by atoms with Crippen LogP contribution in [0, 0.1) is 5.82 Å². The molecule has 0 unspecified atom stereocenters. The van der Waals surface area contributed by atoms with Gasteiger partial charge in [0.15, 0.2) is 6.61 Å². The first-order valence-corrected chi connectivity index (χ1v) is 11.2. The molecule has 1 aliphatic carbocycles. The Morgan fingerprint density at radius 1 is 1.00 bits per heavy atom. The van der Waals surface area contributed by atoms with Gasteiger partial charge in [-0.25, -0.2) is 4.39 Å². The van der Waals surface area contributed by atoms with Gasteiger partial charge in [0.1, 0.15) is 22.7 Å². The summed E-state index contributed by atoms with van der Waals surface area (Å²) in [4.78, 5) is 25.7. The molecule has 3 aromatic carbocycles. The van der Waals surface area contributed by atoms with Crippen LogP contribution in [-0.4, -0.2) is 25.6 Å². The van der Waals surface area contributed by atoms with Crippen molar-refractivity contribution in [3.8, 4) is 5.75 Å². The number of amides is 1. The Labute approximate surface area is 195 Å². The number of carbonyl (C=O) groups excluding carboxylic acids is 2. The van der Waals surface area contributed by atoms with E-state index in [0.717, 1.165) is 29.2 Å². The Balaban J connectivity index is 1.32. The molecule has 0 aliphatic heterocycles. The maximum Gasteiger partial charge on any atom is 0.317 e. The first kappa shape index (κ1) is 21.9. The van der Waals surface area contributed by atoms with E-state index >= 15 is 0 Å². The molecule has 0 atom stereocenters. The van der Waals surface area contributed by atoms with Crippen LogP contribution in [0.4, 0.5) is 10.1 Å². The van der Waals surface area contributed by atoms with Crippen molar-refractivity contribution in [3.63, 3.8) is 0 Å². The van der Waals surface area contributed by atoms with Crippen molar-refractivity contribution in [2.75, 3.05) is 19.0 Å². The van der Waals surface area contributed by atoms with Gasteiger partial charge in [-0.2, -0.15) is 0 Å². The molecule has 0 radical (unpaired) electrons. The molecule has 0 saturated heterocycles. The first-order valence-electron chi connectivity index (χ1n) is 11.2. The van der Waals surface area contributed by atoms with Crippen molar-refractivity contribution in [3.05, 3.63) is 72.0 Å². The minimum Gasteiger partial charge on any atom is -0.495 e. The van der Waals surface area contributed by atoms with Gasteiger partial charge in [-0.3, -0.25) is 9.59 Å². The number of halogens is 1. The van der Waals surface area contributed by atoms with E-state index < -0.39 is 23.9 Å².